The zero-order chi connectivity index (χ0) is 15.3. The lowest BCUT2D eigenvalue weighted by Gasteiger charge is -2.07. The Morgan fingerprint density at radius 3 is 2.70 bits per heavy atom. The molecule has 0 N–H and O–H groups in total. The van der Waals surface area contributed by atoms with Gasteiger partial charge in [0.05, 0.1) is 5.92 Å². The molecule has 0 radical (unpaired) electrons. The van der Waals surface area contributed by atoms with Crippen molar-refractivity contribution in [3.05, 3.63) is 23.2 Å². The number of allylic oxidation sites excluding steroid dienone is 2. The van der Waals surface area contributed by atoms with E-state index in [1.165, 1.54) is 0 Å². The molecule has 0 heterocycles. The Morgan fingerprint density at radius 2 is 2.20 bits per heavy atom. The van der Waals surface area contributed by atoms with Gasteiger partial charge in [0.2, 0.25) is 6.10 Å². The average molecular weight is 311 g/mol. The number of ether oxygens (including phenoxy) is 1. The fourth-order valence-electron chi connectivity index (χ4n) is 2.09. The van der Waals surface area contributed by atoms with Crippen LogP contribution in [0.2, 0.25) is 0 Å². The highest BCUT2D eigenvalue weighted by Gasteiger charge is 2.61. The van der Waals surface area contributed by atoms with Crippen molar-refractivity contribution < 1.29 is 9.53 Å². The van der Waals surface area contributed by atoms with Gasteiger partial charge in [0, 0.05) is 6.42 Å². The number of terminal acetylenes is 1. The molecule has 1 rings (SSSR count). The SMILES string of the molecule is C#CC(C#CCC=C)OC(=O)C1C(C=C(Cl)Cl)C1(C)C. The van der Waals surface area contributed by atoms with Crippen LogP contribution >= 0.6 is 23.2 Å². The predicted molar refractivity (Wildman–Crippen MR) is 81.9 cm³/mol. The van der Waals surface area contributed by atoms with Crippen molar-refractivity contribution in [2.75, 3.05) is 0 Å². The highest BCUT2D eigenvalue weighted by Crippen LogP contribution is 2.60. The summed E-state index contributed by atoms with van der Waals surface area (Å²) in [5, 5.41) is 0. The summed E-state index contributed by atoms with van der Waals surface area (Å²) < 4.78 is 5.37. The van der Waals surface area contributed by atoms with Crippen molar-refractivity contribution in [3.8, 4) is 24.2 Å². The Kier molecular flexibility index (Phi) is 5.75. The van der Waals surface area contributed by atoms with E-state index in [1.807, 2.05) is 13.8 Å². The van der Waals surface area contributed by atoms with Crippen LogP contribution in [-0.4, -0.2) is 12.1 Å². The number of carbonyl (C=O) groups is 1. The first-order chi connectivity index (χ1) is 9.34. The van der Waals surface area contributed by atoms with Crippen molar-refractivity contribution in [2.24, 2.45) is 17.3 Å². The lowest BCUT2D eigenvalue weighted by Crippen LogP contribution is -2.18. The first kappa shape index (κ1) is 16.7. The summed E-state index contributed by atoms with van der Waals surface area (Å²) in [5.41, 5.74) is -0.236. The van der Waals surface area contributed by atoms with Gasteiger partial charge in [-0.15, -0.1) is 13.0 Å². The molecular weight excluding hydrogens is 295 g/mol. The maximum Gasteiger partial charge on any atom is 0.312 e. The molecule has 0 aliphatic heterocycles. The molecule has 106 valence electrons. The standard InChI is InChI=1S/C16H16Cl2O2/c1-5-7-8-9-11(6-2)20-15(19)14-12(10-13(17)18)16(14,3)4/h2,5,10-12,14H,1,7H2,3-4H3. The number of hydrogen-bond acceptors (Lipinski definition) is 2. The van der Waals surface area contributed by atoms with Crippen LogP contribution in [0.3, 0.4) is 0 Å². The van der Waals surface area contributed by atoms with E-state index in [1.54, 1.807) is 12.2 Å². The highest BCUT2D eigenvalue weighted by molar-refractivity contribution is 6.55. The van der Waals surface area contributed by atoms with E-state index in [0.717, 1.165) is 0 Å². The molecule has 0 amide bonds. The molecule has 0 aromatic rings. The first-order valence-electron chi connectivity index (χ1n) is 6.13. The molecule has 2 nitrogen and oxygen atoms in total. The molecule has 4 heteroatoms. The zero-order valence-corrected chi connectivity index (χ0v) is 13.0. The van der Waals surface area contributed by atoms with E-state index >= 15 is 0 Å². The van der Waals surface area contributed by atoms with E-state index in [4.69, 9.17) is 34.4 Å². The zero-order valence-electron chi connectivity index (χ0n) is 11.5. The molecule has 0 aromatic heterocycles. The van der Waals surface area contributed by atoms with Crippen molar-refractivity contribution in [2.45, 2.75) is 26.4 Å². The topological polar surface area (TPSA) is 26.3 Å². The third-order valence-electron chi connectivity index (χ3n) is 3.34. The Morgan fingerprint density at radius 1 is 1.55 bits per heavy atom. The minimum Gasteiger partial charge on any atom is -0.437 e. The molecule has 20 heavy (non-hydrogen) atoms. The van der Waals surface area contributed by atoms with Crippen molar-refractivity contribution >= 4 is 29.2 Å². The number of carbonyl (C=O) groups excluding carboxylic acids is 1. The number of halogens is 2. The maximum absolute atomic E-state index is 12.1. The summed E-state index contributed by atoms with van der Waals surface area (Å²) in [6, 6.07) is 0. The molecule has 3 atom stereocenters. The second kappa shape index (κ2) is 6.89. The second-order valence-corrected chi connectivity index (χ2v) is 6.09. The number of hydrogen-bond donors (Lipinski definition) is 0. The third kappa shape index (κ3) is 4.07. The number of rotatable bonds is 4. The van der Waals surface area contributed by atoms with Crippen LogP contribution in [0.1, 0.15) is 20.3 Å². The molecule has 1 fully saturated rings. The van der Waals surface area contributed by atoms with Crippen LogP contribution in [0, 0.1) is 41.4 Å². The van der Waals surface area contributed by atoms with Gasteiger partial charge in [-0.3, -0.25) is 4.79 Å². The van der Waals surface area contributed by atoms with E-state index in [9.17, 15) is 4.79 Å². The Balaban J connectivity index is 2.69. The van der Waals surface area contributed by atoms with Crippen molar-refractivity contribution in [3.63, 3.8) is 0 Å². The summed E-state index contributed by atoms with van der Waals surface area (Å²) in [5.74, 6) is 7.10. The Labute approximate surface area is 130 Å². The monoisotopic (exact) mass is 310 g/mol. The van der Waals surface area contributed by atoms with E-state index < -0.39 is 6.10 Å². The lowest BCUT2D eigenvalue weighted by molar-refractivity contribution is -0.147. The number of esters is 1. The molecule has 1 saturated carbocycles. The van der Waals surface area contributed by atoms with Gasteiger partial charge in [-0.1, -0.05) is 49.0 Å². The average Bonchev–Trinajstić information content (AvgIpc) is 2.88. The first-order valence-corrected chi connectivity index (χ1v) is 6.89. The van der Waals surface area contributed by atoms with Gasteiger partial charge >= 0.3 is 5.97 Å². The summed E-state index contributed by atoms with van der Waals surface area (Å²) >= 11 is 11.3. The van der Waals surface area contributed by atoms with Gasteiger partial charge in [-0.25, -0.2) is 0 Å². The second-order valence-electron chi connectivity index (χ2n) is 5.08. The molecule has 0 spiro atoms. The smallest absolute Gasteiger partial charge is 0.312 e. The van der Waals surface area contributed by atoms with Crippen LogP contribution in [0.25, 0.3) is 0 Å². The van der Waals surface area contributed by atoms with Crippen LogP contribution < -0.4 is 0 Å². The van der Waals surface area contributed by atoms with Crippen LogP contribution in [-0.2, 0) is 9.53 Å². The lowest BCUT2D eigenvalue weighted by atomic mass is 10.1. The summed E-state index contributed by atoms with van der Waals surface area (Å²) in [6.07, 6.45) is 8.26. The van der Waals surface area contributed by atoms with Gasteiger partial charge < -0.3 is 4.74 Å². The highest BCUT2D eigenvalue weighted by atomic mass is 35.5. The van der Waals surface area contributed by atoms with E-state index in [-0.39, 0.29) is 27.7 Å². The van der Waals surface area contributed by atoms with Crippen LogP contribution in [0.15, 0.2) is 23.2 Å². The molecule has 3 unspecified atom stereocenters. The Hall–Kier alpha value is -1.35. The van der Waals surface area contributed by atoms with Crippen LogP contribution in [0.4, 0.5) is 0 Å². The van der Waals surface area contributed by atoms with Crippen molar-refractivity contribution in [1.82, 2.24) is 0 Å². The molecule has 0 aromatic carbocycles. The summed E-state index contributed by atoms with van der Waals surface area (Å²) in [4.78, 5) is 12.1. The van der Waals surface area contributed by atoms with Gasteiger partial charge in [0.1, 0.15) is 4.49 Å². The molecule has 0 bridgehead atoms. The fraction of sp³-hybridized carbons (Fsp3) is 0.438. The Bertz CT molecular complexity index is 525. The largest absolute Gasteiger partial charge is 0.437 e. The minimum atomic E-state index is -0.838. The molecule has 0 saturated heterocycles. The molecule has 1 aliphatic carbocycles. The fourth-order valence-corrected chi connectivity index (χ4v) is 2.36. The predicted octanol–water partition coefficient (Wildman–Crippen LogP) is 3.70. The van der Waals surface area contributed by atoms with Crippen molar-refractivity contribution in [1.29, 1.82) is 0 Å². The maximum atomic E-state index is 12.1. The quantitative estimate of drug-likeness (QED) is 0.449. The van der Waals surface area contributed by atoms with Gasteiger partial charge in [-0.05, 0) is 29.2 Å². The van der Waals surface area contributed by atoms with E-state index in [0.29, 0.717) is 6.42 Å². The van der Waals surface area contributed by atoms with Gasteiger partial charge in [0.25, 0.3) is 0 Å². The van der Waals surface area contributed by atoms with Crippen LogP contribution in [0.5, 0.6) is 0 Å². The molecule has 1 aliphatic rings. The van der Waals surface area contributed by atoms with Gasteiger partial charge in [0.15, 0.2) is 0 Å². The minimum absolute atomic E-state index is 0.0421. The summed E-state index contributed by atoms with van der Waals surface area (Å²) in [7, 11) is 0. The summed E-state index contributed by atoms with van der Waals surface area (Å²) in [6.45, 7) is 7.44. The third-order valence-corrected chi connectivity index (χ3v) is 3.59. The normalized spacial score (nSPS) is 23.4. The van der Waals surface area contributed by atoms with E-state index in [2.05, 4.69) is 24.3 Å². The molecular formula is C16H16Cl2O2. The van der Waals surface area contributed by atoms with Gasteiger partial charge in [-0.2, -0.15) is 0 Å².